The van der Waals surface area contributed by atoms with E-state index in [1.165, 1.54) is 19.2 Å². The van der Waals surface area contributed by atoms with Crippen LogP contribution in [-0.2, 0) is 0 Å². The Labute approximate surface area is 110 Å². The van der Waals surface area contributed by atoms with Gasteiger partial charge in [-0.1, -0.05) is 0 Å². The van der Waals surface area contributed by atoms with Gasteiger partial charge in [0.1, 0.15) is 5.60 Å². The second-order valence-electron chi connectivity index (χ2n) is 5.19. The number of rotatable bonds is 4. The number of nitrogens with zero attached hydrogens (tertiary/aromatic N) is 3. The van der Waals surface area contributed by atoms with E-state index in [-0.39, 0.29) is 11.5 Å². The topological polar surface area (TPSA) is 88.7 Å². The fourth-order valence-electron chi connectivity index (χ4n) is 2.56. The van der Waals surface area contributed by atoms with E-state index in [1.54, 1.807) is 4.90 Å². The first-order valence-corrected chi connectivity index (χ1v) is 6.20. The number of hydrogen-bond donors (Lipinski definition) is 1. The molecule has 0 unspecified atom stereocenters. The number of ether oxygens (including phenoxy) is 1. The van der Waals surface area contributed by atoms with Crippen LogP contribution in [0.1, 0.15) is 12.8 Å². The van der Waals surface area contributed by atoms with Gasteiger partial charge in [-0.2, -0.15) is 4.98 Å². The molecule has 1 saturated carbocycles. The van der Waals surface area contributed by atoms with Gasteiger partial charge in [-0.05, 0) is 18.8 Å². The van der Waals surface area contributed by atoms with Crippen molar-refractivity contribution in [2.45, 2.75) is 18.4 Å². The second kappa shape index (κ2) is 4.06. The number of anilines is 1. The fraction of sp³-hybridized carbons (Fsp3) is 0.583. The lowest BCUT2D eigenvalue weighted by Gasteiger charge is -2.47. The van der Waals surface area contributed by atoms with Crippen molar-refractivity contribution < 1.29 is 14.8 Å². The normalized spacial score (nSPS) is 20.8. The van der Waals surface area contributed by atoms with Crippen molar-refractivity contribution in [2.75, 3.05) is 25.1 Å². The van der Waals surface area contributed by atoms with Crippen LogP contribution in [0.25, 0.3) is 0 Å². The molecular formula is C12H15N3O4. The molecule has 0 amide bonds. The molecule has 1 N–H and O–H groups in total. The molecule has 0 atom stereocenters. The molecule has 0 aromatic carbocycles. The molecule has 0 bridgehead atoms. The summed E-state index contributed by atoms with van der Waals surface area (Å²) in [5.41, 5.74) is -0.753. The Kier molecular flexibility index (Phi) is 2.60. The minimum absolute atomic E-state index is 0.0568. The van der Waals surface area contributed by atoms with Gasteiger partial charge in [-0.15, -0.1) is 0 Å². The van der Waals surface area contributed by atoms with E-state index >= 15 is 0 Å². The van der Waals surface area contributed by atoms with Crippen LogP contribution in [-0.4, -0.2) is 40.8 Å². The first-order chi connectivity index (χ1) is 9.03. The molecule has 2 fully saturated rings. The van der Waals surface area contributed by atoms with Crippen molar-refractivity contribution >= 4 is 11.5 Å². The summed E-state index contributed by atoms with van der Waals surface area (Å²) < 4.78 is 5.00. The van der Waals surface area contributed by atoms with Gasteiger partial charge in [0.15, 0.2) is 0 Å². The number of aliphatic hydroxyl groups is 1. The summed E-state index contributed by atoms with van der Waals surface area (Å²) in [4.78, 5) is 16.4. The SMILES string of the molecule is COc1ccc([N+](=O)[O-])c(N2CC(O)(C3CC3)C2)n1. The second-order valence-corrected chi connectivity index (χ2v) is 5.19. The summed E-state index contributed by atoms with van der Waals surface area (Å²) in [5.74, 6) is 0.950. The lowest BCUT2D eigenvalue weighted by atomic mass is 9.88. The molecule has 2 heterocycles. The van der Waals surface area contributed by atoms with Gasteiger partial charge in [-0.3, -0.25) is 10.1 Å². The van der Waals surface area contributed by atoms with Gasteiger partial charge >= 0.3 is 5.69 Å². The number of aromatic nitrogens is 1. The largest absolute Gasteiger partial charge is 0.481 e. The summed E-state index contributed by atoms with van der Waals surface area (Å²) in [6.45, 7) is 0.803. The van der Waals surface area contributed by atoms with Crippen LogP contribution in [0.5, 0.6) is 5.88 Å². The Morgan fingerprint density at radius 3 is 2.74 bits per heavy atom. The smallest absolute Gasteiger partial charge is 0.311 e. The zero-order valence-electron chi connectivity index (χ0n) is 10.6. The van der Waals surface area contributed by atoms with Gasteiger partial charge in [0.05, 0.1) is 25.1 Å². The minimum atomic E-state index is -0.696. The molecule has 2 aliphatic rings. The molecule has 0 radical (unpaired) electrons. The third kappa shape index (κ3) is 1.99. The van der Waals surface area contributed by atoms with E-state index in [1.807, 2.05) is 0 Å². The monoisotopic (exact) mass is 265 g/mol. The van der Waals surface area contributed by atoms with Crippen molar-refractivity contribution in [1.82, 2.24) is 4.98 Å². The minimum Gasteiger partial charge on any atom is -0.481 e. The van der Waals surface area contributed by atoms with Gasteiger partial charge in [0, 0.05) is 12.1 Å². The number of nitro groups is 1. The molecule has 3 rings (SSSR count). The highest BCUT2D eigenvalue weighted by molar-refractivity contribution is 5.61. The highest BCUT2D eigenvalue weighted by Gasteiger charge is 2.53. The first kappa shape index (κ1) is 12.2. The van der Waals surface area contributed by atoms with Crippen LogP contribution < -0.4 is 9.64 Å². The molecule has 0 spiro atoms. The van der Waals surface area contributed by atoms with E-state index in [0.717, 1.165) is 12.8 Å². The van der Waals surface area contributed by atoms with E-state index in [2.05, 4.69) is 4.98 Å². The molecular weight excluding hydrogens is 250 g/mol. The van der Waals surface area contributed by atoms with Crippen LogP contribution in [0.2, 0.25) is 0 Å². The lowest BCUT2D eigenvalue weighted by Crippen LogP contribution is -2.63. The van der Waals surface area contributed by atoms with Crippen molar-refractivity contribution in [3.63, 3.8) is 0 Å². The Hall–Kier alpha value is -1.89. The lowest BCUT2D eigenvalue weighted by molar-refractivity contribution is -0.384. The molecule has 1 saturated heterocycles. The summed E-state index contributed by atoms with van der Waals surface area (Å²) in [6.07, 6.45) is 2.08. The molecule has 1 aromatic heterocycles. The average Bonchev–Trinajstić information content (AvgIpc) is 3.18. The fourth-order valence-corrected chi connectivity index (χ4v) is 2.56. The van der Waals surface area contributed by atoms with Crippen molar-refractivity contribution in [1.29, 1.82) is 0 Å². The molecule has 19 heavy (non-hydrogen) atoms. The maximum absolute atomic E-state index is 11.0. The maximum atomic E-state index is 11.0. The van der Waals surface area contributed by atoms with Gasteiger partial charge < -0.3 is 14.7 Å². The van der Waals surface area contributed by atoms with Crippen LogP contribution in [0, 0.1) is 16.0 Å². The number of β-amino-alcohol motifs (C(OH)–C–C–N with tert-alkyl or cyclic N) is 1. The van der Waals surface area contributed by atoms with Crippen LogP contribution >= 0.6 is 0 Å². The third-order valence-corrected chi connectivity index (χ3v) is 3.80. The van der Waals surface area contributed by atoms with E-state index in [9.17, 15) is 15.2 Å². The third-order valence-electron chi connectivity index (χ3n) is 3.80. The van der Waals surface area contributed by atoms with Crippen molar-refractivity contribution in [3.05, 3.63) is 22.2 Å². The number of pyridine rings is 1. The predicted molar refractivity (Wildman–Crippen MR) is 67.3 cm³/mol. The Morgan fingerprint density at radius 1 is 1.53 bits per heavy atom. The highest BCUT2D eigenvalue weighted by Crippen LogP contribution is 2.46. The van der Waals surface area contributed by atoms with Crippen molar-refractivity contribution in [3.8, 4) is 5.88 Å². The molecule has 102 valence electrons. The predicted octanol–water partition coefficient (Wildman–Crippen LogP) is 0.959. The molecule has 1 aromatic rings. The summed E-state index contributed by atoms with van der Waals surface area (Å²) in [6, 6.07) is 2.85. The summed E-state index contributed by atoms with van der Waals surface area (Å²) in [5, 5.41) is 21.3. The quantitative estimate of drug-likeness (QED) is 0.644. The summed E-state index contributed by atoms with van der Waals surface area (Å²) in [7, 11) is 1.47. The van der Waals surface area contributed by atoms with Gasteiger partial charge in [-0.25, -0.2) is 0 Å². The zero-order chi connectivity index (χ0) is 13.6. The Balaban J connectivity index is 1.85. The standard InChI is InChI=1S/C12H15N3O4/c1-19-10-5-4-9(15(17)18)11(13-10)14-6-12(16,7-14)8-2-3-8/h4-5,8,16H,2-3,6-7H2,1H3. The van der Waals surface area contributed by atoms with Crippen LogP contribution in [0.4, 0.5) is 11.5 Å². The van der Waals surface area contributed by atoms with E-state index in [4.69, 9.17) is 4.74 Å². The molecule has 1 aliphatic heterocycles. The van der Waals surface area contributed by atoms with Gasteiger partial charge in [0.25, 0.3) is 0 Å². The van der Waals surface area contributed by atoms with Crippen molar-refractivity contribution in [2.24, 2.45) is 5.92 Å². The Morgan fingerprint density at radius 2 is 2.21 bits per heavy atom. The number of hydrogen-bond acceptors (Lipinski definition) is 6. The molecule has 7 heteroatoms. The van der Waals surface area contributed by atoms with E-state index in [0.29, 0.717) is 24.9 Å². The van der Waals surface area contributed by atoms with Gasteiger partial charge in [0.2, 0.25) is 11.7 Å². The van der Waals surface area contributed by atoms with Crippen LogP contribution in [0.3, 0.4) is 0 Å². The maximum Gasteiger partial charge on any atom is 0.311 e. The average molecular weight is 265 g/mol. The highest BCUT2D eigenvalue weighted by atomic mass is 16.6. The van der Waals surface area contributed by atoms with Crippen LogP contribution in [0.15, 0.2) is 12.1 Å². The first-order valence-electron chi connectivity index (χ1n) is 6.20. The molecule has 7 nitrogen and oxygen atoms in total. The summed E-state index contributed by atoms with van der Waals surface area (Å²) >= 11 is 0. The Bertz CT molecular complexity index is 524. The molecule has 1 aliphatic carbocycles. The zero-order valence-corrected chi connectivity index (χ0v) is 10.6. The van der Waals surface area contributed by atoms with E-state index < -0.39 is 10.5 Å². The number of methoxy groups -OCH3 is 1.